The van der Waals surface area contributed by atoms with Gasteiger partial charge in [-0.1, -0.05) is 13.8 Å². The Bertz CT molecular complexity index is 490. The zero-order valence-corrected chi connectivity index (χ0v) is 11.8. The zero-order valence-electron chi connectivity index (χ0n) is 10.2. The number of non-ortho nitro benzene ring substituents is 1. The van der Waals surface area contributed by atoms with Crippen molar-refractivity contribution in [3.63, 3.8) is 0 Å². The lowest BCUT2D eigenvalue weighted by Gasteiger charge is -2.49. The first-order chi connectivity index (χ1) is 8.32. The first-order valence-electron chi connectivity index (χ1n) is 5.68. The summed E-state index contributed by atoms with van der Waals surface area (Å²) in [4.78, 5) is 10.3. The minimum Gasteiger partial charge on any atom is -0.488 e. The highest BCUT2D eigenvalue weighted by atomic mass is 79.9. The lowest BCUT2D eigenvalue weighted by molar-refractivity contribution is -0.385. The Morgan fingerprint density at radius 2 is 2.22 bits per heavy atom. The second-order valence-corrected chi connectivity index (χ2v) is 6.00. The normalized spacial score (nSPS) is 25.3. The summed E-state index contributed by atoms with van der Waals surface area (Å²) in [5, 5.41) is 10.7. The van der Waals surface area contributed by atoms with Crippen LogP contribution in [-0.2, 0) is 0 Å². The second kappa shape index (κ2) is 4.51. The Morgan fingerprint density at radius 1 is 1.56 bits per heavy atom. The van der Waals surface area contributed by atoms with Crippen molar-refractivity contribution >= 4 is 21.6 Å². The molecule has 1 aliphatic carbocycles. The van der Waals surface area contributed by atoms with E-state index in [0.717, 1.165) is 6.42 Å². The quantitative estimate of drug-likeness (QED) is 0.687. The molecule has 0 bridgehead atoms. The van der Waals surface area contributed by atoms with E-state index in [2.05, 4.69) is 15.9 Å². The van der Waals surface area contributed by atoms with Crippen molar-refractivity contribution in [3.05, 3.63) is 32.8 Å². The fourth-order valence-corrected chi connectivity index (χ4v) is 2.31. The maximum Gasteiger partial charge on any atom is 0.273 e. The minimum atomic E-state index is -0.434. The summed E-state index contributed by atoms with van der Waals surface area (Å²) in [5.41, 5.74) is 5.83. The fraction of sp³-hybridized carbons (Fsp3) is 0.500. The summed E-state index contributed by atoms with van der Waals surface area (Å²) >= 11 is 3.34. The molecule has 2 unspecified atom stereocenters. The molecular weight excluding hydrogens is 300 g/mol. The van der Waals surface area contributed by atoms with Crippen LogP contribution in [0, 0.1) is 15.5 Å². The third-order valence-electron chi connectivity index (χ3n) is 3.65. The van der Waals surface area contributed by atoms with Crippen LogP contribution in [0.1, 0.15) is 20.3 Å². The van der Waals surface area contributed by atoms with Crippen molar-refractivity contribution in [2.75, 3.05) is 0 Å². The molecule has 2 rings (SSSR count). The van der Waals surface area contributed by atoms with E-state index in [-0.39, 0.29) is 23.2 Å². The lowest BCUT2D eigenvalue weighted by Crippen LogP contribution is -2.60. The molecule has 1 aliphatic rings. The number of nitrogens with two attached hydrogens (primary N) is 1. The average molecular weight is 315 g/mol. The molecule has 1 saturated carbocycles. The molecule has 0 aromatic heterocycles. The van der Waals surface area contributed by atoms with Gasteiger partial charge in [-0.2, -0.15) is 0 Å². The van der Waals surface area contributed by atoms with Crippen LogP contribution in [0.3, 0.4) is 0 Å². The van der Waals surface area contributed by atoms with Gasteiger partial charge in [0, 0.05) is 23.9 Å². The number of halogens is 1. The van der Waals surface area contributed by atoms with Crippen molar-refractivity contribution < 1.29 is 9.66 Å². The number of hydrogen-bond acceptors (Lipinski definition) is 4. The Morgan fingerprint density at radius 3 is 2.72 bits per heavy atom. The van der Waals surface area contributed by atoms with Gasteiger partial charge in [0.25, 0.3) is 5.69 Å². The first kappa shape index (κ1) is 13.3. The van der Waals surface area contributed by atoms with Gasteiger partial charge in [-0.15, -0.1) is 0 Å². The minimum absolute atomic E-state index is 0.00851. The molecule has 1 aromatic carbocycles. The molecule has 0 aliphatic heterocycles. The predicted molar refractivity (Wildman–Crippen MR) is 71.6 cm³/mol. The smallest absolute Gasteiger partial charge is 0.273 e. The van der Waals surface area contributed by atoms with Crippen molar-refractivity contribution in [3.8, 4) is 5.75 Å². The summed E-state index contributed by atoms with van der Waals surface area (Å²) in [7, 11) is 0. The highest BCUT2D eigenvalue weighted by Crippen LogP contribution is 2.43. The zero-order chi connectivity index (χ0) is 13.5. The standard InChI is InChI=1S/C12H15BrN2O3/c1-12(2)10(14)6-11(12)18-9-5-7(15(16)17)3-4-8(9)13/h3-5,10-11H,6,14H2,1-2H3. The summed E-state index contributed by atoms with van der Waals surface area (Å²) in [6.45, 7) is 4.08. The van der Waals surface area contributed by atoms with Gasteiger partial charge in [0.15, 0.2) is 0 Å². The van der Waals surface area contributed by atoms with Crippen molar-refractivity contribution in [2.24, 2.45) is 11.1 Å². The van der Waals surface area contributed by atoms with Crippen LogP contribution in [0.5, 0.6) is 5.75 Å². The van der Waals surface area contributed by atoms with Gasteiger partial charge in [0.05, 0.1) is 15.5 Å². The predicted octanol–water partition coefficient (Wildman–Crippen LogP) is 2.86. The average Bonchev–Trinajstić information content (AvgIpc) is 2.30. The largest absolute Gasteiger partial charge is 0.488 e. The van der Waals surface area contributed by atoms with Crippen LogP contribution < -0.4 is 10.5 Å². The number of hydrogen-bond donors (Lipinski definition) is 1. The Hall–Kier alpha value is -1.14. The molecule has 0 spiro atoms. The molecular formula is C12H15BrN2O3. The van der Waals surface area contributed by atoms with Crippen LogP contribution in [0.2, 0.25) is 0 Å². The molecule has 0 heterocycles. The van der Waals surface area contributed by atoms with E-state index in [1.54, 1.807) is 6.07 Å². The molecule has 1 fully saturated rings. The van der Waals surface area contributed by atoms with E-state index < -0.39 is 4.92 Å². The number of nitro groups is 1. The molecule has 1 aromatic rings. The molecule has 6 heteroatoms. The number of benzene rings is 1. The van der Waals surface area contributed by atoms with Gasteiger partial charge < -0.3 is 10.5 Å². The number of ether oxygens (including phenoxy) is 1. The lowest BCUT2D eigenvalue weighted by atomic mass is 9.65. The van der Waals surface area contributed by atoms with Gasteiger partial charge >= 0.3 is 0 Å². The van der Waals surface area contributed by atoms with Gasteiger partial charge in [-0.3, -0.25) is 10.1 Å². The molecule has 18 heavy (non-hydrogen) atoms. The van der Waals surface area contributed by atoms with E-state index in [0.29, 0.717) is 10.2 Å². The number of nitro benzene ring substituents is 1. The van der Waals surface area contributed by atoms with Crippen molar-refractivity contribution in [1.29, 1.82) is 0 Å². The maximum atomic E-state index is 10.7. The third-order valence-corrected chi connectivity index (χ3v) is 4.30. The molecule has 0 saturated heterocycles. The van der Waals surface area contributed by atoms with Gasteiger partial charge in [-0.05, 0) is 22.0 Å². The molecule has 0 radical (unpaired) electrons. The van der Waals surface area contributed by atoms with Crippen LogP contribution in [-0.4, -0.2) is 17.1 Å². The van der Waals surface area contributed by atoms with E-state index in [1.807, 2.05) is 13.8 Å². The molecule has 98 valence electrons. The molecule has 2 atom stereocenters. The third kappa shape index (κ3) is 2.22. The van der Waals surface area contributed by atoms with E-state index in [4.69, 9.17) is 10.5 Å². The van der Waals surface area contributed by atoms with Crippen LogP contribution >= 0.6 is 15.9 Å². The number of nitrogens with zero attached hydrogens (tertiary/aromatic N) is 1. The van der Waals surface area contributed by atoms with Crippen LogP contribution in [0.15, 0.2) is 22.7 Å². The highest BCUT2D eigenvalue weighted by Gasteiger charge is 2.48. The van der Waals surface area contributed by atoms with E-state index in [9.17, 15) is 10.1 Å². The van der Waals surface area contributed by atoms with Crippen LogP contribution in [0.4, 0.5) is 5.69 Å². The monoisotopic (exact) mass is 314 g/mol. The maximum absolute atomic E-state index is 10.7. The Kier molecular flexibility index (Phi) is 3.33. The van der Waals surface area contributed by atoms with Gasteiger partial charge in [0.1, 0.15) is 11.9 Å². The van der Waals surface area contributed by atoms with E-state index in [1.165, 1.54) is 12.1 Å². The van der Waals surface area contributed by atoms with Gasteiger partial charge in [-0.25, -0.2) is 0 Å². The highest BCUT2D eigenvalue weighted by molar-refractivity contribution is 9.10. The van der Waals surface area contributed by atoms with E-state index >= 15 is 0 Å². The summed E-state index contributed by atoms with van der Waals surface area (Å²) in [5.74, 6) is 0.495. The van der Waals surface area contributed by atoms with Crippen molar-refractivity contribution in [1.82, 2.24) is 0 Å². The SMILES string of the molecule is CC1(C)C(N)CC1Oc1cc([N+](=O)[O-])ccc1Br. The summed E-state index contributed by atoms with van der Waals surface area (Å²) < 4.78 is 6.54. The first-order valence-corrected chi connectivity index (χ1v) is 6.48. The van der Waals surface area contributed by atoms with Crippen molar-refractivity contribution in [2.45, 2.75) is 32.4 Å². The summed E-state index contributed by atoms with van der Waals surface area (Å²) in [6, 6.07) is 4.61. The Balaban J connectivity index is 2.19. The molecule has 2 N–H and O–H groups in total. The summed E-state index contributed by atoms with van der Waals surface area (Å²) in [6.07, 6.45) is 0.757. The van der Waals surface area contributed by atoms with Crippen LogP contribution in [0.25, 0.3) is 0 Å². The van der Waals surface area contributed by atoms with Gasteiger partial charge in [0.2, 0.25) is 0 Å². The second-order valence-electron chi connectivity index (χ2n) is 5.14. The molecule has 0 amide bonds. The molecule has 5 nitrogen and oxygen atoms in total. The Labute approximate surface area is 114 Å². The topological polar surface area (TPSA) is 78.4 Å². The number of rotatable bonds is 3. The fourth-order valence-electron chi connectivity index (χ4n) is 1.97.